The number of halogens is 1. The lowest BCUT2D eigenvalue weighted by molar-refractivity contribution is 0.363. The second-order valence-corrected chi connectivity index (χ2v) is 4.78. The monoisotopic (exact) mass is 247 g/mol. The SMILES string of the molecule is ClCc1noc2c1CC(c1ccccc1)CC2. The Bertz CT molecular complexity index is 493. The Hall–Kier alpha value is -1.28. The molecule has 3 heteroatoms. The number of hydrogen-bond donors (Lipinski definition) is 0. The summed E-state index contributed by atoms with van der Waals surface area (Å²) in [5, 5.41) is 4.04. The Balaban J connectivity index is 1.89. The van der Waals surface area contributed by atoms with E-state index in [1.54, 1.807) is 0 Å². The number of fused-ring (bicyclic) bond motifs is 1. The van der Waals surface area contributed by atoms with Crippen LogP contribution in [0.1, 0.15) is 34.9 Å². The molecule has 0 aliphatic heterocycles. The first-order valence-electron chi connectivity index (χ1n) is 5.95. The average molecular weight is 248 g/mol. The number of nitrogens with zero attached hydrogens (tertiary/aromatic N) is 1. The fraction of sp³-hybridized carbons (Fsp3) is 0.357. The van der Waals surface area contributed by atoms with Crippen molar-refractivity contribution < 1.29 is 4.52 Å². The van der Waals surface area contributed by atoms with E-state index < -0.39 is 0 Å². The van der Waals surface area contributed by atoms with Crippen molar-refractivity contribution in [2.45, 2.75) is 31.1 Å². The molecule has 17 heavy (non-hydrogen) atoms. The van der Waals surface area contributed by atoms with E-state index in [1.807, 2.05) is 0 Å². The molecule has 88 valence electrons. The highest BCUT2D eigenvalue weighted by Crippen LogP contribution is 2.34. The van der Waals surface area contributed by atoms with Crippen molar-refractivity contribution in [3.63, 3.8) is 0 Å². The maximum absolute atomic E-state index is 5.88. The fourth-order valence-corrected chi connectivity index (χ4v) is 2.79. The zero-order valence-corrected chi connectivity index (χ0v) is 10.3. The van der Waals surface area contributed by atoms with Gasteiger partial charge < -0.3 is 4.52 Å². The summed E-state index contributed by atoms with van der Waals surface area (Å²) in [5.74, 6) is 2.05. The van der Waals surface area contributed by atoms with E-state index in [4.69, 9.17) is 16.1 Å². The lowest BCUT2D eigenvalue weighted by Gasteiger charge is -2.21. The fourth-order valence-electron chi connectivity index (χ4n) is 2.58. The van der Waals surface area contributed by atoms with Gasteiger partial charge in [-0.15, -0.1) is 11.6 Å². The maximum atomic E-state index is 5.88. The van der Waals surface area contributed by atoms with Crippen LogP contribution >= 0.6 is 11.6 Å². The number of aryl methyl sites for hydroxylation is 1. The first kappa shape index (κ1) is 10.8. The van der Waals surface area contributed by atoms with E-state index in [0.29, 0.717) is 11.8 Å². The third-order valence-electron chi connectivity index (χ3n) is 3.52. The van der Waals surface area contributed by atoms with Crippen LogP contribution in [0, 0.1) is 0 Å². The van der Waals surface area contributed by atoms with E-state index in [0.717, 1.165) is 30.7 Å². The van der Waals surface area contributed by atoms with Crippen LogP contribution in [0.5, 0.6) is 0 Å². The maximum Gasteiger partial charge on any atom is 0.140 e. The summed E-state index contributed by atoms with van der Waals surface area (Å²) < 4.78 is 5.33. The minimum Gasteiger partial charge on any atom is -0.361 e. The summed E-state index contributed by atoms with van der Waals surface area (Å²) in [6.45, 7) is 0. The molecule has 3 rings (SSSR count). The Morgan fingerprint density at radius 2 is 2.12 bits per heavy atom. The van der Waals surface area contributed by atoms with E-state index in [-0.39, 0.29) is 0 Å². The summed E-state index contributed by atoms with van der Waals surface area (Å²) in [5.41, 5.74) is 3.56. The van der Waals surface area contributed by atoms with Crippen molar-refractivity contribution in [2.24, 2.45) is 0 Å². The number of rotatable bonds is 2. The second kappa shape index (κ2) is 4.53. The molecule has 0 saturated heterocycles. The first-order chi connectivity index (χ1) is 8.38. The normalized spacial score (nSPS) is 19.0. The Morgan fingerprint density at radius 3 is 2.88 bits per heavy atom. The quantitative estimate of drug-likeness (QED) is 0.757. The van der Waals surface area contributed by atoms with Crippen molar-refractivity contribution in [2.75, 3.05) is 0 Å². The van der Waals surface area contributed by atoms with Gasteiger partial charge in [-0.25, -0.2) is 0 Å². The van der Waals surface area contributed by atoms with E-state index in [2.05, 4.69) is 35.5 Å². The lowest BCUT2D eigenvalue weighted by Crippen LogP contribution is -2.12. The van der Waals surface area contributed by atoms with Crippen LogP contribution in [0.25, 0.3) is 0 Å². The largest absolute Gasteiger partial charge is 0.361 e. The Labute approximate surface area is 106 Å². The highest BCUT2D eigenvalue weighted by molar-refractivity contribution is 6.17. The van der Waals surface area contributed by atoms with Gasteiger partial charge in [-0.1, -0.05) is 35.5 Å². The predicted molar refractivity (Wildman–Crippen MR) is 67.3 cm³/mol. The van der Waals surface area contributed by atoms with Gasteiger partial charge in [0.1, 0.15) is 11.5 Å². The molecule has 1 aliphatic rings. The van der Waals surface area contributed by atoms with Crippen LogP contribution in [0.3, 0.4) is 0 Å². The van der Waals surface area contributed by atoms with Gasteiger partial charge in [-0.2, -0.15) is 0 Å². The summed E-state index contributed by atoms with van der Waals surface area (Å²) in [4.78, 5) is 0. The number of alkyl halides is 1. The van der Waals surface area contributed by atoms with Gasteiger partial charge in [0.25, 0.3) is 0 Å². The van der Waals surface area contributed by atoms with Gasteiger partial charge in [-0.05, 0) is 24.3 Å². The summed E-state index contributed by atoms with van der Waals surface area (Å²) in [6.07, 6.45) is 3.11. The zero-order chi connectivity index (χ0) is 11.7. The van der Waals surface area contributed by atoms with Crippen molar-refractivity contribution in [1.29, 1.82) is 0 Å². The number of benzene rings is 1. The molecule has 0 N–H and O–H groups in total. The molecule has 1 unspecified atom stereocenters. The molecule has 1 atom stereocenters. The van der Waals surface area contributed by atoms with Crippen molar-refractivity contribution in [3.05, 3.63) is 52.9 Å². The molecule has 0 fully saturated rings. The molecule has 0 saturated carbocycles. The minimum atomic E-state index is 0.445. The number of aromatic nitrogens is 1. The highest BCUT2D eigenvalue weighted by Gasteiger charge is 2.25. The van der Waals surface area contributed by atoms with Crippen molar-refractivity contribution in [3.8, 4) is 0 Å². The third-order valence-corrected chi connectivity index (χ3v) is 3.77. The van der Waals surface area contributed by atoms with Gasteiger partial charge in [0.2, 0.25) is 0 Å². The molecule has 0 radical (unpaired) electrons. The number of hydrogen-bond acceptors (Lipinski definition) is 2. The van der Waals surface area contributed by atoms with Crippen LogP contribution < -0.4 is 0 Å². The summed E-state index contributed by atoms with van der Waals surface area (Å²) >= 11 is 5.88. The van der Waals surface area contributed by atoms with Crippen LogP contribution in [0.15, 0.2) is 34.9 Å². The molecular formula is C14H14ClNO. The highest BCUT2D eigenvalue weighted by atomic mass is 35.5. The molecule has 2 nitrogen and oxygen atoms in total. The minimum absolute atomic E-state index is 0.445. The molecule has 1 aromatic carbocycles. The van der Waals surface area contributed by atoms with Crippen molar-refractivity contribution in [1.82, 2.24) is 5.16 Å². The van der Waals surface area contributed by atoms with E-state index in [9.17, 15) is 0 Å². The van der Waals surface area contributed by atoms with Crippen LogP contribution in [-0.2, 0) is 18.7 Å². The van der Waals surface area contributed by atoms with Gasteiger partial charge in [0.15, 0.2) is 0 Å². The molecular weight excluding hydrogens is 234 g/mol. The standard InChI is InChI=1S/C14H14ClNO/c15-9-13-12-8-11(6-7-14(12)17-16-13)10-4-2-1-3-5-10/h1-5,11H,6-9H2. The van der Waals surface area contributed by atoms with Crippen molar-refractivity contribution >= 4 is 11.6 Å². The molecule has 0 spiro atoms. The van der Waals surface area contributed by atoms with E-state index in [1.165, 1.54) is 11.1 Å². The molecule has 1 aliphatic carbocycles. The summed E-state index contributed by atoms with van der Waals surface area (Å²) in [7, 11) is 0. The smallest absolute Gasteiger partial charge is 0.140 e. The third kappa shape index (κ3) is 1.98. The Morgan fingerprint density at radius 1 is 1.29 bits per heavy atom. The topological polar surface area (TPSA) is 26.0 Å². The summed E-state index contributed by atoms with van der Waals surface area (Å²) in [6, 6.07) is 10.6. The molecule has 2 aromatic rings. The van der Waals surface area contributed by atoms with Crippen LogP contribution in [-0.4, -0.2) is 5.16 Å². The molecule has 0 bridgehead atoms. The van der Waals surface area contributed by atoms with Gasteiger partial charge in [-0.3, -0.25) is 0 Å². The van der Waals surface area contributed by atoms with Crippen LogP contribution in [0.2, 0.25) is 0 Å². The van der Waals surface area contributed by atoms with Gasteiger partial charge in [0, 0.05) is 12.0 Å². The average Bonchev–Trinajstić information content (AvgIpc) is 2.81. The molecule has 1 aromatic heterocycles. The molecule has 1 heterocycles. The van der Waals surface area contributed by atoms with Gasteiger partial charge in [0.05, 0.1) is 5.88 Å². The lowest BCUT2D eigenvalue weighted by atomic mass is 9.82. The Kier molecular flexibility index (Phi) is 2.89. The van der Waals surface area contributed by atoms with E-state index >= 15 is 0 Å². The second-order valence-electron chi connectivity index (χ2n) is 4.52. The van der Waals surface area contributed by atoms with Crippen LogP contribution in [0.4, 0.5) is 0 Å². The molecule has 0 amide bonds. The first-order valence-corrected chi connectivity index (χ1v) is 6.49. The predicted octanol–water partition coefficient (Wildman–Crippen LogP) is 3.69. The zero-order valence-electron chi connectivity index (χ0n) is 9.53. The van der Waals surface area contributed by atoms with Gasteiger partial charge >= 0.3 is 0 Å².